The Morgan fingerprint density at radius 2 is 1.81 bits per heavy atom. The molecule has 0 heterocycles. The summed E-state index contributed by atoms with van der Waals surface area (Å²) in [5, 5.41) is 8.94. The van der Waals surface area contributed by atoms with Crippen LogP contribution in [-0.4, -0.2) is 38.6 Å². The highest BCUT2D eigenvalue weighted by molar-refractivity contribution is 5.94. The molecule has 0 fully saturated rings. The molecule has 164 valence electrons. The smallest absolute Gasteiger partial charge is 0.227 e. The van der Waals surface area contributed by atoms with Crippen molar-refractivity contribution in [2.24, 2.45) is 0 Å². The molecule has 0 atom stereocenters. The lowest BCUT2D eigenvalue weighted by atomic mass is 10.1. The minimum Gasteiger partial charge on any atom is -0.494 e. The topological polar surface area (TPSA) is 88.9 Å². The molecule has 0 radical (unpaired) electrons. The van der Waals surface area contributed by atoms with E-state index in [1.54, 1.807) is 23.1 Å². The SMILES string of the molecule is CCOc1ccc(N(CCC#N)C(=O)CCCOc2ccc(C(C)=O)cc2OC)cc1. The Morgan fingerprint density at radius 3 is 2.42 bits per heavy atom. The Morgan fingerprint density at radius 1 is 1.06 bits per heavy atom. The fourth-order valence-corrected chi connectivity index (χ4v) is 2.99. The zero-order valence-electron chi connectivity index (χ0n) is 18.2. The van der Waals surface area contributed by atoms with E-state index in [2.05, 4.69) is 6.07 Å². The summed E-state index contributed by atoms with van der Waals surface area (Å²) < 4.78 is 16.5. The third kappa shape index (κ3) is 7.03. The predicted octanol–water partition coefficient (Wildman–Crippen LogP) is 4.40. The van der Waals surface area contributed by atoms with Gasteiger partial charge in [0.2, 0.25) is 5.91 Å². The van der Waals surface area contributed by atoms with Gasteiger partial charge in [0.15, 0.2) is 17.3 Å². The van der Waals surface area contributed by atoms with E-state index in [0.29, 0.717) is 43.2 Å². The molecule has 0 aromatic heterocycles. The van der Waals surface area contributed by atoms with Crippen LogP contribution in [0.25, 0.3) is 0 Å². The molecule has 7 heteroatoms. The second-order valence-electron chi connectivity index (χ2n) is 6.75. The number of ketones is 1. The van der Waals surface area contributed by atoms with Gasteiger partial charge in [-0.1, -0.05) is 0 Å². The molecule has 7 nitrogen and oxygen atoms in total. The van der Waals surface area contributed by atoms with Crippen LogP contribution in [0.2, 0.25) is 0 Å². The van der Waals surface area contributed by atoms with E-state index in [4.69, 9.17) is 19.5 Å². The second kappa shape index (κ2) is 12.2. The molecule has 0 N–H and O–H groups in total. The van der Waals surface area contributed by atoms with Crippen LogP contribution in [-0.2, 0) is 4.79 Å². The molecule has 0 aliphatic carbocycles. The van der Waals surface area contributed by atoms with Crippen molar-refractivity contribution in [1.29, 1.82) is 5.26 Å². The lowest BCUT2D eigenvalue weighted by Crippen LogP contribution is -2.31. The highest BCUT2D eigenvalue weighted by atomic mass is 16.5. The number of amides is 1. The van der Waals surface area contributed by atoms with Crippen LogP contribution in [0.3, 0.4) is 0 Å². The van der Waals surface area contributed by atoms with Crippen LogP contribution < -0.4 is 19.1 Å². The summed E-state index contributed by atoms with van der Waals surface area (Å²) in [6.45, 7) is 4.61. The minimum absolute atomic E-state index is 0.0535. The molecule has 1 amide bonds. The van der Waals surface area contributed by atoms with Crippen molar-refractivity contribution in [3.05, 3.63) is 48.0 Å². The van der Waals surface area contributed by atoms with Gasteiger partial charge in [-0.2, -0.15) is 5.26 Å². The van der Waals surface area contributed by atoms with E-state index in [1.165, 1.54) is 14.0 Å². The number of Topliss-reactive ketones (excluding diaryl/α,β-unsaturated/α-hetero) is 1. The summed E-state index contributed by atoms with van der Waals surface area (Å²) in [4.78, 5) is 25.9. The van der Waals surface area contributed by atoms with E-state index in [9.17, 15) is 9.59 Å². The van der Waals surface area contributed by atoms with E-state index in [-0.39, 0.29) is 24.5 Å². The largest absolute Gasteiger partial charge is 0.494 e. The maximum Gasteiger partial charge on any atom is 0.227 e. The Kier molecular flexibility index (Phi) is 9.37. The summed E-state index contributed by atoms with van der Waals surface area (Å²) in [5.74, 6) is 1.60. The van der Waals surface area contributed by atoms with Gasteiger partial charge >= 0.3 is 0 Å². The Balaban J connectivity index is 1.95. The first-order valence-corrected chi connectivity index (χ1v) is 10.2. The highest BCUT2D eigenvalue weighted by Gasteiger charge is 2.16. The number of hydrogen-bond acceptors (Lipinski definition) is 6. The van der Waals surface area contributed by atoms with E-state index in [1.807, 2.05) is 31.2 Å². The molecule has 0 aliphatic heterocycles. The van der Waals surface area contributed by atoms with Gasteiger partial charge in [0, 0.05) is 24.2 Å². The summed E-state index contributed by atoms with van der Waals surface area (Å²) in [6.07, 6.45) is 1.01. The van der Waals surface area contributed by atoms with Crippen LogP contribution in [0.1, 0.15) is 43.5 Å². The Bertz CT molecular complexity index is 919. The molecule has 0 saturated heterocycles. The normalized spacial score (nSPS) is 10.1. The van der Waals surface area contributed by atoms with Gasteiger partial charge in [0.05, 0.1) is 32.8 Å². The maximum absolute atomic E-state index is 12.8. The van der Waals surface area contributed by atoms with Crippen molar-refractivity contribution in [1.82, 2.24) is 0 Å². The molecule has 0 bridgehead atoms. The molecule has 2 rings (SSSR count). The number of nitrogens with zero attached hydrogens (tertiary/aromatic N) is 2. The highest BCUT2D eigenvalue weighted by Crippen LogP contribution is 2.28. The fourth-order valence-electron chi connectivity index (χ4n) is 2.99. The Hall–Kier alpha value is -3.53. The van der Waals surface area contributed by atoms with Crippen molar-refractivity contribution in [2.75, 3.05) is 31.8 Å². The molecule has 0 spiro atoms. The van der Waals surface area contributed by atoms with Crippen molar-refractivity contribution in [2.45, 2.75) is 33.1 Å². The summed E-state index contributed by atoms with van der Waals surface area (Å²) in [7, 11) is 1.51. The number of methoxy groups -OCH3 is 1. The van der Waals surface area contributed by atoms with Gasteiger partial charge in [-0.05, 0) is 62.7 Å². The second-order valence-corrected chi connectivity index (χ2v) is 6.75. The van der Waals surface area contributed by atoms with Crippen LogP contribution >= 0.6 is 0 Å². The van der Waals surface area contributed by atoms with Gasteiger partial charge in [-0.15, -0.1) is 0 Å². The van der Waals surface area contributed by atoms with E-state index >= 15 is 0 Å². The Labute approximate surface area is 183 Å². The summed E-state index contributed by atoms with van der Waals surface area (Å²) >= 11 is 0. The lowest BCUT2D eigenvalue weighted by molar-refractivity contribution is -0.118. The van der Waals surface area contributed by atoms with Gasteiger partial charge < -0.3 is 19.1 Å². The quantitative estimate of drug-likeness (QED) is 0.371. The molecule has 31 heavy (non-hydrogen) atoms. The van der Waals surface area contributed by atoms with Crippen molar-refractivity contribution in [3.63, 3.8) is 0 Å². The van der Waals surface area contributed by atoms with Gasteiger partial charge in [0.25, 0.3) is 0 Å². The number of anilines is 1. The molecule has 2 aromatic carbocycles. The fraction of sp³-hybridized carbons (Fsp3) is 0.375. The number of nitriles is 1. The first-order chi connectivity index (χ1) is 15.0. The first-order valence-electron chi connectivity index (χ1n) is 10.2. The number of rotatable bonds is 12. The molecular formula is C24H28N2O5. The van der Waals surface area contributed by atoms with Crippen molar-refractivity contribution < 1.29 is 23.8 Å². The van der Waals surface area contributed by atoms with Gasteiger partial charge in [-0.3, -0.25) is 9.59 Å². The number of hydrogen-bond donors (Lipinski definition) is 0. The zero-order chi connectivity index (χ0) is 22.6. The number of ether oxygens (including phenoxy) is 3. The van der Waals surface area contributed by atoms with Gasteiger partial charge in [0.1, 0.15) is 5.75 Å². The number of carbonyl (C=O) groups is 2. The van der Waals surface area contributed by atoms with Crippen LogP contribution in [0.5, 0.6) is 17.2 Å². The van der Waals surface area contributed by atoms with Crippen molar-refractivity contribution >= 4 is 17.4 Å². The average Bonchev–Trinajstić information content (AvgIpc) is 2.78. The number of benzene rings is 2. The molecule has 0 unspecified atom stereocenters. The van der Waals surface area contributed by atoms with Crippen molar-refractivity contribution in [3.8, 4) is 23.3 Å². The van der Waals surface area contributed by atoms with Gasteiger partial charge in [-0.25, -0.2) is 0 Å². The van der Waals surface area contributed by atoms with E-state index < -0.39 is 0 Å². The molecule has 0 saturated carbocycles. The number of carbonyl (C=O) groups excluding carboxylic acids is 2. The summed E-state index contributed by atoms with van der Waals surface area (Å²) in [5.41, 5.74) is 1.27. The third-order valence-corrected chi connectivity index (χ3v) is 4.57. The molecule has 2 aromatic rings. The standard InChI is InChI=1S/C24H28N2O5/c1-4-30-21-11-9-20(10-12-21)26(15-6-14-25)24(28)7-5-16-31-22-13-8-19(18(2)27)17-23(22)29-3/h8-13,17H,4-7,15-16H2,1-3H3. The summed E-state index contributed by atoms with van der Waals surface area (Å²) in [6, 6.07) is 14.4. The molecular weight excluding hydrogens is 396 g/mol. The first kappa shape index (κ1) is 23.7. The molecule has 0 aliphatic rings. The van der Waals surface area contributed by atoms with E-state index in [0.717, 1.165) is 11.4 Å². The van der Waals surface area contributed by atoms with Crippen LogP contribution in [0.4, 0.5) is 5.69 Å². The minimum atomic E-state index is -0.0816. The third-order valence-electron chi connectivity index (χ3n) is 4.57. The zero-order valence-corrected chi connectivity index (χ0v) is 18.2. The maximum atomic E-state index is 12.8. The van der Waals surface area contributed by atoms with Crippen LogP contribution in [0, 0.1) is 11.3 Å². The average molecular weight is 424 g/mol. The monoisotopic (exact) mass is 424 g/mol. The van der Waals surface area contributed by atoms with Crippen LogP contribution in [0.15, 0.2) is 42.5 Å². The predicted molar refractivity (Wildman–Crippen MR) is 118 cm³/mol. The lowest BCUT2D eigenvalue weighted by Gasteiger charge is -2.22.